The van der Waals surface area contributed by atoms with Crippen molar-refractivity contribution >= 4 is 111 Å². The Kier molecular flexibility index (Phi) is 11.2. The van der Waals surface area contributed by atoms with E-state index in [9.17, 15) is 0 Å². The van der Waals surface area contributed by atoms with Gasteiger partial charge in [0.25, 0.3) is 0 Å². The van der Waals surface area contributed by atoms with E-state index in [-0.39, 0.29) is 0 Å². The Morgan fingerprint density at radius 3 is 0.789 bits per heavy atom. The monoisotopic (exact) mass is 966 g/mol. The van der Waals surface area contributed by atoms with Gasteiger partial charge >= 0.3 is 0 Å². The van der Waals surface area contributed by atoms with Crippen LogP contribution in [-0.4, -0.2) is 0 Å². The highest BCUT2D eigenvalue weighted by atomic mass is 15.2. The average molecular weight is 967 g/mol. The highest BCUT2D eigenvalue weighted by molar-refractivity contribution is 6.16. The normalized spacial score (nSPS) is 11.6. The molecule has 0 atom stereocenters. The number of nitrogens with zero attached hydrogens (tertiary/aromatic N) is 2. The molecule has 0 saturated heterocycles. The number of anilines is 6. The number of benzene rings is 14. The van der Waals surface area contributed by atoms with Gasteiger partial charge in [0.15, 0.2) is 0 Å². The minimum absolute atomic E-state index is 1.11. The summed E-state index contributed by atoms with van der Waals surface area (Å²) in [6.45, 7) is 0. The van der Waals surface area contributed by atoms with Gasteiger partial charge in [-0.15, -0.1) is 0 Å². The van der Waals surface area contributed by atoms with Crippen molar-refractivity contribution in [1.82, 2.24) is 0 Å². The first kappa shape index (κ1) is 44.7. The molecule has 0 heterocycles. The summed E-state index contributed by atoms with van der Waals surface area (Å²) in [6.07, 6.45) is 4.40. The van der Waals surface area contributed by atoms with E-state index in [0.717, 1.165) is 33.9 Å². The van der Waals surface area contributed by atoms with E-state index in [1.165, 1.54) is 98.3 Å². The topological polar surface area (TPSA) is 6.48 Å². The first-order chi connectivity index (χ1) is 37.6. The lowest BCUT2D eigenvalue weighted by atomic mass is 9.98. The van der Waals surface area contributed by atoms with Crippen molar-refractivity contribution in [3.05, 3.63) is 302 Å². The molecule has 0 spiro atoms. The zero-order valence-electron chi connectivity index (χ0n) is 41.8. The molecule has 356 valence electrons. The maximum absolute atomic E-state index is 2.44. The Labute approximate surface area is 442 Å². The summed E-state index contributed by atoms with van der Waals surface area (Å²) in [5.41, 5.74) is 13.8. The Bertz CT molecular complexity index is 4100. The first-order valence-corrected chi connectivity index (χ1v) is 26.1. The Hall–Kier alpha value is -10.0. The van der Waals surface area contributed by atoms with E-state index in [1.807, 2.05) is 0 Å². The molecule has 14 rings (SSSR count). The van der Waals surface area contributed by atoms with Gasteiger partial charge < -0.3 is 9.80 Å². The number of hydrogen-bond donors (Lipinski definition) is 0. The third kappa shape index (κ3) is 8.29. The van der Waals surface area contributed by atoms with Crippen molar-refractivity contribution < 1.29 is 0 Å². The molecule has 0 bridgehead atoms. The summed E-state index contributed by atoms with van der Waals surface area (Å²) in [5.74, 6) is 0. The minimum Gasteiger partial charge on any atom is -0.309 e. The fourth-order valence-corrected chi connectivity index (χ4v) is 11.3. The molecule has 0 amide bonds. The highest BCUT2D eigenvalue weighted by Crippen LogP contribution is 2.47. The maximum Gasteiger partial charge on any atom is 0.0618 e. The van der Waals surface area contributed by atoms with Gasteiger partial charge in [-0.2, -0.15) is 0 Å². The Morgan fingerprint density at radius 1 is 0.197 bits per heavy atom. The van der Waals surface area contributed by atoms with Gasteiger partial charge in [0.2, 0.25) is 0 Å². The van der Waals surface area contributed by atoms with Crippen LogP contribution in [0, 0.1) is 0 Å². The van der Waals surface area contributed by atoms with Gasteiger partial charge in [-0.05, 0) is 137 Å². The average Bonchev–Trinajstić information content (AvgIpc) is 3.49. The highest BCUT2D eigenvalue weighted by Gasteiger charge is 2.21. The van der Waals surface area contributed by atoms with Crippen molar-refractivity contribution in [2.75, 3.05) is 9.80 Å². The second kappa shape index (κ2) is 19.1. The quantitative estimate of drug-likeness (QED) is 0.0995. The van der Waals surface area contributed by atoms with Crippen molar-refractivity contribution in [1.29, 1.82) is 0 Å². The lowest BCUT2D eigenvalue weighted by Crippen LogP contribution is -2.11. The lowest BCUT2D eigenvalue weighted by Gasteiger charge is -2.29. The van der Waals surface area contributed by atoms with Crippen LogP contribution in [0.3, 0.4) is 0 Å². The summed E-state index contributed by atoms with van der Waals surface area (Å²) in [7, 11) is 0. The molecule has 0 aliphatic rings. The van der Waals surface area contributed by atoms with Crippen LogP contribution in [-0.2, 0) is 0 Å². The predicted octanol–water partition coefficient (Wildman–Crippen LogP) is 21.0. The summed E-state index contributed by atoms with van der Waals surface area (Å²) in [6, 6.07) is 106. The molecule has 0 saturated carbocycles. The molecule has 14 aromatic rings. The minimum atomic E-state index is 1.11. The summed E-state index contributed by atoms with van der Waals surface area (Å²) in [5, 5.41) is 14.6. The van der Waals surface area contributed by atoms with Crippen LogP contribution >= 0.6 is 0 Å². The van der Waals surface area contributed by atoms with Crippen molar-refractivity contribution in [3.63, 3.8) is 0 Å². The van der Waals surface area contributed by atoms with Crippen LogP contribution in [0.25, 0.3) is 99.0 Å². The van der Waals surface area contributed by atoms with Crippen LogP contribution in [0.1, 0.15) is 11.1 Å². The predicted molar refractivity (Wildman–Crippen MR) is 327 cm³/mol. The number of fused-ring (bicyclic) bond motifs is 6. The third-order valence-corrected chi connectivity index (χ3v) is 15.1. The lowest BCUT2D eigenvalue weighted by molar-refractivity contribution is 1.32. The summed E-state index contributed by atoms with van der Waals surface area (Å²) >= 11 is 0. The van der Waals surface area contributed by atoms with Crippen molar-refractivity contribution in [2.24, 2.45) is 0 Å². The van der Waals surface area contributed by atoms with Crippen LogP contribution < -0.4 is 9.80 Å². The van der Waals surface area contributed by atoms with Gasteiger partial charge in [-0.1, -0.05) is 243 Å². The van der Waals surface area contributed by atoms with Gasteiger partial charge in [0, 0.05) is 44.3 Å². The summed E-state index contributed by atoms with van der Waals surface area (Å²) in [4.78, 5) is 4.88. The van der Waals surface area contributed by atoms with E-state index >= 15 is 0 Å². The van der Waals surface area contributed by atoms with Crippen LogP contribution in [0.5, 0.6) is 0 Å². The number of rotatable bonds is 10. The second-order valence-electron chi connectivity index (χ2n) is 19.7. The zero-order valence-corrected chi connectivity index (χ0v) is 41.8. The van der Waals surface area contributed by atoms with Crippen molar-refractivity contribution in [2.45, 2.75) is 0 Å². The molecule has 14 aromatic carbocycles. The molecule has 0 radical (unpaired) electrons. The molecule has 0 N–H and O–H groups in total. The zero-order chi connectivity index (χ0) is 50.4. The molecule has 76 heavy (non-hydrogen) atoms. The van der Waals surface area contributed by atoms with Gasteiger partial charge in [0.1, 0.15) is 0 Å². The van der Waals surface area contributed by atoms with Gasteiger partial charge in [-0.3, -0.25) is 0 Å². The first-order valence-electron chi connectivity index (χ1n) is 26.1. The second-order valence-corrected chi connectivity index (χ2v) is 19.7. The molecule has 0 aliphatic carbocycles. The molecule has 0 fully saturated rings. The number of hydrogen-bond acceptors (Lipinski definition) is 2. The largest absolute Gasteiger partial charge is 0.309 e. The van der Waals surface area contributed by atoms with E-state index < -0.39 is 0 Å². The Morgan fingerprint density at radius 2 is 0.461 bits per heavy atom. The van der Waals surface area contributed by atoms with Crippen LogP contribution in [0.15, 0.2) is 291 Å². The molecule has 0 aliphatic heterocycles. The summed E-state index contributed by atoms with van der Waals surface area (Å²) < 4.78 is 0. The molecule has 0 unspecified atom stereocenters. The maximum atomic E-state index is 2.44. The fourth-order valence-electron chi connectivity index (χ4n) is 11.3. The van der Waals surface area contributed by atoms with Crippen molar-refractivity contribution in [3.8, 4) is 22.3 Å². The molecular formula is C74H50N2. The van der Waals surface area contributed by atoms with Gasteiger partial charge in [0.05, 0.1) is 11.4 Å². The van der Waals surface area contributed by atoms with E-state index in [0.29, 0.717) is 0 Å². The van der Waals surface area contributed by atoms with Gasteiger partial charge in [-0.25, -0.2) is 0 Å². The molecular weight excluding hydrogens is 917 g/mol. The SMILES string of the molecule is C(=C\c1ccc(-c2ccc(N(c3ccc4ccccc4c3)c3c4ccccc4cc4ccccc34)cc2)cc1)/c1ccc(-c2ccc(N(c3ccc4ccccc4c3)c3c4ccccc4cc4ccccc34)cc2)cc1. The third-order valence-electron chi connectivity index (χ3n) is 15.1. The Balaban J connectivity index is 0.724. The standard InChI is InChI=1S/C74H50N2/c1-3-15-59-49-67(45-39-53(59)13-1)75(73-69-21-9-5-17-61(69)47-62-18-6-10-22-70(62)73)65-41-35-57(36-42-65)55-31-27-51(28-32-55)25-26-52-29-33-56(34-30-52)58-37-43-66(44-38-58)76(68-46-40-54-14-2-4-16-60(54)50-68)74-71-23-11-7-19-63(71)48-64-20-8-12-24-72(64)74/h1-50H/b26-25+. The van der Waals surface area contributed by atoms with E-state index in [2.05, 4.69) is 313 Å². The van der Waals surface area contributed by atoms with E-state index in [1.54, 1.807) is 0 Å². The molecule has 2 heteroatoms. The van der Waals surface area contributed by atoms with E-state index in [4.69, 9.17) is 0 Å². The molecule has 0 aromatic heterocycles. The fraction of sp³-hybridized carbons (Fsp3) is 0. The molecule has 2 nitrogen and oxygen atoms in total. The van der Waals surface area contributed by atoms with Crippen LogP contribution in [0.2, 0.25) is 0 Å². The van der Waals surface area contributed by atoms with Crippen LogP contribution in [0.4, 0.5) is 34.1 Å². The smallest absolute Gasteiger partial charge is 0.0618 e.